The molecule has 0 saturated carbocycles. The van der Waals surface area contributed by atoms with Crippen molar-refractivity contribution in [2.45, 2.75) is 0 Å². The van der Waals surface area contributed by atoms with E-state index in [1.165, 1.54) is 98.4 Å². The zero-order chi connectivity index (χ0) is 33.0. The highest BCUT2D eigenvalue weighted by Crippen LogP contribution is 2.49. The third-order valence-corrected chi connectivity index (χ3v) is 10.5. The Balaban J connectivity index is 1.32. The maximum atomic E-state index is 2.33. The first-order valence-corrected chi connectivity index (χ1v) is 17.4. The maximum Gasteiger partial charge on any atom is -0.00139 e. The van der Waals surface area contributed by atoms with Crippen molar-refractivity contribution in [3.8, 4) is 44.5 Å². The summed E-state index contributed by atoms with van der Waals surface area (Å²) in [4.78, 5) is 0. The minimum atomic E-state index is 1.22. The fourth-order valence-corrected chi connectivity index (χ4v) is 8.24. The SMILES string of the molecule is c1ccc2c(-c3ccc(-c4c5ccccc5c(-c5cccc6ccccc56)c5cccc(-c6cccc7ccccc67)c45)cc3)cccc2c1. The summed E-state index contributed by atoms with van der Waals surface area (Å²) in [7, 11) is 0. The molecule has 0 fully saturated rings. The summed E-state index contributed by atoms with van der Waals surface area (Å²) in [5, 5.41) is 12.6. The molecule has 0 amide bonds. The van der Waals surface area contributed by atoms with Crippen LogP contribution in [0.1, 0.15) is 0 Å². The zero-order valence-electron chi connectivity index (χ0n) is 27.5. The van der Waals surface area contributed by atoms with E-state index < -0.39 is 0 Å². The first-order valence-electron chi connectivity index (χ1n) is 17.4. The van der Waals surface area contributed by atoms with Gasteiger partial charge in [-0.15, -0.1) is 0 Å². The first kappa shape index (κ1) is 28.5. The van der Waals surface area contributed by atoms with E-state index in [2.05, 4.69) is 194 Å². The lowest BCUT2D eigenvalue weighted by Gasteiger charge is -2.22. The van der Waals surface area contributed by atoms with Crippen LogP contribution in [0.5, 0.6) is 0 Å². The molecule has 0 saturated heterocycles. The van der Waals surface area contributed by atoms with E-state index in [1.807, 2.05) is 0 Å². The van der Waals surface area contributed by atoms with Crippen LogP contribution in [0.25, 0.3) is 98.4 Å². The lowest BCUT2D eigenvalue weighted by molar-refractivity contribution is 1.63. The van der Waals surface area contributed by atoms with Crippen LogP contribution in [0.4, 0.5) is 0 Å². The van der Waals surface area contributed by atoms with Crippen LogP contribution in [0.3, 0.4) is 0 Å². The Kier molecular flexibility index (Phi) is 6.60. The quantitative estimate of drug-likeness (QED) is 0.169. The van der Waals surface area contributed by atoms with Crippen LogP contribution in [0.2, 0.25) is 0 Å². The number of benzene rings is 10. The third kappa shape index (κ3) is 4.46. The number of fused-ring (bicyclic) bond motifs is 5. The molecule has 0 aromatic heterocycles. The maximum absolute atomic E-state index is 2.33. The molecule has 0 radical (unpaired) electrons. The van der Waals surface area contributed by atoms with E-state index in [0.717, 1.165) is 0 Å². The smallest absolute Gasteiger partial charge is 0.00139 e. The number of hydrogen-bond donors (Lipinski definition) is 0. The van der Waals surface area contributed by atoms with Crippen molar-refractivity contribution in [2.24, 2.45) is 0 Å². The molecule has 0 atom stereocenters. The summed E-state index contributed by atoms with van der Waals surface area (Å²) >= 11 is 0. The van der Waals surface area contributed by atoms with Gasteiger partial charge in [0.05, 0.1) is 0 Å². The molecule has 0 heterocycles. The van der Waals surface area contributed by atoms with Crippen LogP contribution >= 0.6 is 0 Å². The largest absolute Gasteiger partial charge is 0.0616 e. The van der Waals surface area contributed by atoms with E-state index in [9.17, 15) is 0 Å². The van der Waals surface area contributed by atoms with E-state index in [1.54, 1.807) is 0 Å². The Hall–Kier alpha value is -6.50. The van der Waals surface area contributed by atoms with Gasteiger partial charge in [-0.2, -0.15) is 0 Å². The number of hydrogen-bond acceptors (Lipinski definition) is 0. The topological polar surface area (TPSA) is 0 Å². The van der Waals surface area contributed by atoms with Gasteiger partial charge in [-0.05, 0) is 98.4 Å². The van der Waals surface area contributed by atoms with Gasteiger partial charge in [-0.1, -0.05) is 194 Å². The Labute approximate surface area is 291 Å². The lowest BCUT2D eigenvalue weighted by Crippen LogP contribution is -1.94. The van der Waals surface area contributed by atoms with Crippen LogP contribution in [-0.2, 0) is 0 Å². The highest BCUT2D eigenvalue weighted by atomic mass is 14.2. The Morgan fingerprint density at radius 3 is 1.20 bits per heavy atom. The van der Waals surface area contributed by atoms with E-state index in [0.29, 0.717) is 0 Å². The lowest BCUT2D eigenvalue weighted by atomic mass is 9.81. The Bertz CT molecular complexity index is 2890. The predicted molar refractivity (Wildman–Crippen MR) is 216 cm³/mol. The monoisotopic (exact) mass is 632 g/mol. The van der Waals surface area contributed by atoms with Gasteiger partial charge in [0.2, 0.25) is 0 Å². The third-order valence-electron chi connectivity index (χ3n) is 10.5. The minimum Gasteiger partial charge on any atom is -0.0616 e. The minimum absolute atomic E-state index is 1.22. The normalized spacial score (nSPS) is 11.6. The van der Waals surface area contributed by atoms with Crippen molar-refractivity contribution >= 4 is 53.9 Å². The van der Waals surface area contributed by atoms with Gasteiger partial charge in [0.25, 0.3) is 0 Å². The van der Waals surface area contributed by atoms with Gasteiger partial charge in [0.1, 0.15) is 0 Å². The average molecular weight is 633 g/mol. The van der Waals surface area contributed by atoms with Crippen molar-refractivity contribution < 1.29 is 0 Å². The molecule has 10 aromatic rings. The Morgan fingerprint density at radius 2 is 0.580 bits per heavy atom. The van der Waals surface area contributed by atoms with Gasteiger partial charge < -0.3 is 0 Å². The molecule has 0 heteroatoms. The second-order valence-corrected chi connectivity index (χ2v) is 13.2. The summed E-state index contributed by atoms with van der Waals surface area (Å²) in [6.45, 7) is 0. The molecular weight excluding hydrogens is 601 g/mol. The molecule has 10 aromatic carbocycles. The molecule has 50 heavy (non-hydrogen) atoms. The standard InChI is InChI=1S/C50H32/c1-4-19-38-33(13-1)16-9-24-39(38)36-29-31-37(32-30-36)48-45-22-7-8-23-46(45)49(43-26-11-18-35-15-3-6-21-41(35)43)47-28-12-27-44(50(47)48)42-25-10-17-34-14-2-5-20-40(34)42/h1-32H. The summed E-state index contributed by atoms with van der Waals surface area (Å²) in [5.41, 5.74) is 10.0. The first-order chi connectivity index (χ1) is 24.8. The van der Waals surface area contributed by atoms with Crippen molar-refractivity contribution in [1.82, 2.24) is 0 Å². The molecule has 0 unspecified atom stereocenters. The fraction of sp³-hybridized carbons (Fsp3) is 0. The van der Waals surface area contributed by atoms with Gasteiger partial charge in [-0.25, -0.2) is 0 Å². The second-order valence-electron chi connectivity index (χ2n) is 13.2. The predicted octanol–water partition coefficient (Wildman–Crippen LogP) is 14.1. The molecule has 10 rings (SSSR count). The molecule has 0 bridgehead atoms. The van der Waals surface area contributed by atoms with E-state index in [4.69, 9.17) is 0 Å². The van der Waals surface area contributed by atoms with Crippen molar-refractivity contribution in [1.29, 1.82) is 0 Å². The van der Waals surface area contributed by atoms with E-state index >= 15 is 0 Å². The van der Waals surface area contributed by atoms with Crippen molar-refractivity contribution in [3.05, 3.63) is 194 Å². The zero-order valence-corrected chi connectivity index (χ0v) is 27.5. The fourth-order valence-electron chi connectivity index (χ4n) is 8.24. The summed E-state index contributed by atoms with van der Waals surface area (Å²) in [6.07, 6.45) is 0. The highest BCUT2D eigenvalue weighted by Gasteiger charge is 2.21. The summed E-state index contributed by atoms with van der Waals surface area (Å²) < 4.78 is 0. The molecule has 0 nitrogen and oxygen atoms in total. The second kappa shape index (κ2) is 11.6. The van der Waals surface area contributed by atoms with Crippen LogP contribution < -0.4 is 0 Å². The molecule has 0 aliphatic rings. The molecular formula is C50H32. The summed E-state index contributed by atoms with van der Waals surface area (Å²) in [6, 6.07) is 71.4. The summed E-state index contributed by atoms with van der Waals surface area (Å²) in [5.74, 6) is 0. The Morgan fingerprint density at radius 1 is 0.200 bits per heavy atom. The van der Waals surface area contributed by atoms with Gasteiger partial charge in [0, 0.05) is 0 Å². The van der Waals surface area contributed by atoms with Crippen molar-refractivity contribution in [3.63, 3.8) is 0 Å². The van der Waals surface area contributed by atoms with Gasteiger partial charge in [0.15, 0.2) is 0 Å². The molecule has 0 aliphatic heterocycles. The highest BCUT2D eigenvalue weighted by molar-refractivity contribution is 6.27. The van der Waals surface area contributed by atoms with Crippen LogP contribution in [-0.4, -0.2) is 0 Å². The molecule has 0 aliphatic carbocycles. The van der Waals surface area contributed by atoms with Gasteiger partial charge >= 0.3 is 0 Å². The molecule has 0 N–H and O–H groups in total. The molecule has 232 valence electrons. The molecule has 0 spiro atoms. The van der Waals surface area contributed by atoms with Crippen LogP contribution in [0.15, 0.2) is 194 Å². The number of rotatable bonds is 4. The average Bonchev–Trinajstić information content (AvgIpc) is 3.19. The van der Waals surface area contributed by atoms with Gasteiger partial charge in [-0.3, -0.25) is 0 Å². The van der Waals surface area contributed by atoms with Crippen molar-refractivity contribution in [2.75, 3.05) is 0 Å². The van der Waals surface area contributed by atoms with E-state index in [-0.39, 0.29) is 0 Å². The van der Waals surface area contributed by atoms with Crippen LogP contribution in [0, 0.1) is 0 Å².